The quantitative estimate of drug-likeness (QED) is 0.673. The fourth-order valence-electron chi connectivity index (χ4n) is 1.42. The van der Waals surface area contributed by atoms with Crippen LogP contribution in [0.1, 0.15) is 18.4 Å². The van der Waals surface area contributed by atoms with Gasteiger partial charge in [0.15, 0.2) is 0 Å². The molecule has 0 radical (unpaired) electrons. The number of hydrogen-bond acceptors (Lipinski definition) is 2. The number of benzene rings is 1. The number of carbonyl (C=O) groups excluding carboxylic acids is 1. The van der Waals surface area contributed by atoms with Gasteiger partial charge in [-0.2, -0.15) is 0 Å². The van der Waals surface area contributed by atoms with Crippen LogP contribution in [0.3, 0.4) is 0 Å². The van der Waals surface area contributed by atoms with Crippen LogP contribution in [0.25, 0.3) is 10.9 Å². The molecule has 0 amide bonds. The number of hydrogen-bond donors (Lipinski definition) is 0. The molecule has 1 aromatic carbocycles. The second-order valence-corrected chi connectivity index (χ2v) is 3.39. The van der Waals surface area contributed by atoms with E-state index in [9.17, 15) is 4.79 Å². The molecular weight excluding hydrogens is 174 g/mol. The number of carbonyl (C=O) groups is 1. The van der Waals surface area contributed by atoms with E-state index < -0.39 is 0 Å². The van der Waals surface area contributed by atoms with Crippen molar-refractivity contribution in [3.8, 4) is 0 Å². The van der Waals surface area contributed by atoms with Gasteiger partial charge in [-0.25, -0.2) is 0 Å². The zero-order chi connectivity index (χ0) is 9.97. The van der Waals surface area contributed by atoms with Crippen LogP contribution in [0, 0.1) is 0 Å². The van der Waals surface area contributed by atoms with Crippen LogP contribution in [0.4, 0.5) is 0 Å². The van der Waals surface area contributed by atoms with Gasteiger partial charge in [-0.05, 0) is 17.7 Å². The van der Waals surface area contributed by atoms with E-state index in [0.717, 1.165) is 22.8 Å². The molecule has 0 spiro atoms. The largest absolute Gasteiger partial charge is 0.303 e. The van der Waals surface area contributed by atoms with Gasteiger partial charge in [0, 0.05) is 17.5 Å². The summed E-state index contributed by atoms with van der Waals surface area (Å²) in [6, 6.07) is 9.91. The highest BCUT2D eigenvalue weighted by Gasteiger charge is 2.04. The fourth-order valence-corrected chi connectivity index (χ4v) is 1.42. The molecule has 0 saturated carbocycles. The Labute approximate surface area is 82.6 Å². The second kappa shape index (κ2) is 3.58. The van der Waals surface area contributed by atoms with Crippen LogP contribution in [0.5, 0.6) is 0 Å². The van der Waals surface area contributed by atoms with Gasteiger partial charge in [0.1, 0.15) is 6.29 Å². The average molecular weight is 185 g/mol. The van der Waals surface area contributed by atoms with Crippen LogP contribution >= 0.6 is 0 Å². The molecule has 0 N–H and O–H groups in total. The molecule has 0 aliphatic carbocycles. The van der Waals surface area contributed by atoms with Crippen LogP contribution in [0.15, 0.2) is 36.5 Å². The van der Waals surface area contributed by atoms with Crippen molar-refractivity contribution in [3.05, 3.63) is 42.1 Å². The summed E-state index contributed by atoms with van der Waals surface area (Å²) in [7, 11) is 0. The molecule has 2 heteroatoms. The van der Waals surface area contributed by atoms with E-state index in [1.54, 1.807) is 6.20 Å². The molecule has 0 fully saturated rings. The van der Waals surface area contributed by atoms with Crippen molar-refractivity contribution in [1.29, 1.82) is 0 Å². The number of aromatic nitrogens is 1. The van der Waals surface area contributed by atoms with Gasteiger partial charge in [-0.3, -0.25) is 4.98 Å². The van der Waals surface area contributed by atoms with Crippen LogP contribution < -0.4 is 0 Å². The van der Waals surface area contributed by atoms with Crippen LogP contribution in [0.2, 0.25) is 0 Å². The molecule has 70 valence electrons. The van der Waals surface area contributed by atoms with Gasteiger partial charge in [0.05, 0.1) is 5.52 Å². The van der Waals surface area contributed by atoms with Gasteiger partial charge >= 0.3 is 0 Å². The van der Waals surface area contributed by atoms with E-state index in [0.29, 0.717) is 0 Å². The van der Waals surface area contributed by atoms with Crippen LogP contribution in [-0.4, -0.2) is 11.3 Å². The van der Waals surface area contributed by atoms with Crippen molar-refractivity contribution in [2.75, 3.05) is 0 Å². The molecule has 0 saturated heterocycles. The first-order valence-corrected chi connectivity index (χ1v) is 4.61. The second-order valence-electron chi connectivity index (χ2n) is 3.39. The number of aldehydes is 1. The Balaban J connectivity index is 2.56. The van der Waals surface area contributed by atoms with Gasteiger partial charge in [-0.1, -0.05) is 25.1 Å². The normalized spacial score (nSPS) is 12.6. The number of pyridine rings is 1. The predicted molar refractivity (Wildman–Crippen MR) is 56.2 cm³/mol. The Kier molecular flexibility index (Phi) is 2.27. The van der Waals surface area contributed by atoms with Gasteiger partial charge < -0.3 is 4.79 Å². The van der Waals surface area contributed by atoms with E-state index in [1.807, 2.05) is 37.3 Å². The van der Waals surface area contributed by atoms with E-state index >= 15 is 0 Å². The lowest BCUT2D eigenvalue weighted by atomic mass is 10.0. The Bertz CT molecular complexity index is 465. The molecule has 2 rings (SSSR count). The predicted octanol–water partition coefficient (Wildman–Crippen LogP) is 2.54. The zero-order valence-electron chi connectivity index (χ0n) is 7.97. The fraction of sp³-hybridized carbons (Fsp3) is 0.167. The van der Waals surface area contributed by atoms with Crippen molar-refractivity contribution >= 4 is 17.2 Å². The van der Waals surface area contributed by atoms with E-state index in [2.05, 4.69) is 4.98 Å². The molecule has 1 aromatic heterocycles. The number of nitrogens with zero attached hydrogens (tertiary/aromatic N) is 1. The Hall–Kier alpha value is -1.70. The Morgan fingerprint density at radius 2 is 2.14 bits per heavy atom. The summed E-state index contributed by atoms with van der Waals surface area (Å²) in [6.45, 7) is 1.87. The Morgan fingerprint density at radius 1 is 1.36 bits per heavy atom. The topological polar surface area (TPSA) is 30.0 Å². The number of para-hydroxylation sites is 1. The summed E-state index contributed by atoms with van der Waals surface area (Å²) in [4.78, 5) is 14.9. The first-order chi connectivity index (χ1) is 6.81. The van der Waals surface area contributed by atoms with E-state index in [1.165, 1.54) is 0 Å². The first-order valence-electron chi connectivity index (χ1n) is 4.61. The molecule has 1 unspecified atom stereocenters. The molecule has 2 nitrogen and oxygen atoms in total. The molecule has 14 heavy (non-hydrogen) atoms. The maximum Gasteiger partial charge on any atom is 0.127 e. The molecule has 1 heterocycles. The highest BCUT2D eigenvalue weighted by molar-refractivity contribution is 5.79. The van der Waals surface area contributed by atoms with Crippen molar-refractivity contribution in [2.24, 2.45) is 0 Å². The monoisotopic (exact) mass is 185 g/mol. The lowest BCUT2D eigenvalue weighted by Crippen LogP contribution is -1.95. The van der Waals surface area contributed by atoms with Gasteiger partial charge in [-0.15, -0.1) is 0 Å². The smallest absolute Gasteiger partial charge is 0.127 e. The van der Waals surface area contributed by atoms with Crippen molar-refractivity contribution < 1.29 is 4.79 Å². The number of fused-ring (bicyclic) bond motifs is 1. The minimum absolute atomic E-state index is 0.0768. The minimum Gasteiger partial charge on any atom is -0.303 e. The maximum atomic E-state index is 10.6. The highest BCUT2D eigenvalue weighted by Crippen LogP contribution is 2.17. The summed E-state index contributed by atoms with van der Waals surface area (Å²) in [5, 5.41) is 1.08. The van der Waals surface area contributed by atoms with Crippen molar-refractivity contribution in [2.45, 2.75) is 12.8 Å². The maximum absolute atomic E-state index is 10.6. The zero-order valence-corrected chi connectivity index (χ0v) is 7.97. The summed E-state index contributed by atoms with van der Waals surface area (Å²) in [5.74, 6) is -0.0768. The molecule has 0 bridgehead atoms. The van der Waals surface area contributed by atoms with Crippen LogP contribution in [-0.2, 0) is 4.79 Å². The first kappa shape index (κ1) is 8.88. The summed E-state index contributed by atoms with van der Waals surface area (Å²) in [6.07, 6.45) is 2.70. The summed E-state index contributed by atoms with van der Waals surface area (Å²) < 4.78 is 0. The molecular formula is C12H11NO. The lowest BCUT2D eigenvalue weighted by molar-refractivity contribution is -0.108. The molecule has 2 aromatic rings. The standard InChI is InChI=1S/C12H11NO/c1-9(8-14)11-6-10-4-2-3-5-12(10)13-7-11/h2-9H,1H3. The molecule has 0 aliphatic heterocycles. The molecule has 0 aliphatic rings. The van der Waals surface area contributed by atoms with E-state index in [-0.39, 0.29) is 5.92 Å². The average Bonchev–Trinajstić information content (AvgIpc) is 2.27. The van der Waals surface area contributed by atoms with E-state index in [4.69, 9.17) is 0 Å². The summed E-state index contributed by atoms with van der Waals surface area (Å²) in [5.41, 5.74) is 1.94. The van der Waals surface area contributed by atoms with Crippen molar-refractivity contribution in [3.63, 3.8) is 0 Å². The Morgan fingerprint density at radius 3 is 2.93 bits per heavy atom. The SMILES string of the molecule is CC(C=O)c1cnc2ccccc2c1. The molecule has 1 atom stereocenters. The minimum atomic E-state index is -0.0768. The third kappa shape index (κ3) is 1.51. The lowest BCUT2D eigenvalue weighted by Gasteiger charge is -2.04. The summed E-state index contributed by atoms with van der Waals surface area (Å²) >= 11 is 0. The van der Waals surface area contributed by atoms with Gasteiger partial charge in [0.25, 0.3) is 0 Å². The highest BCUT2D eigenvalue weighted by atomic mass is 16.1. The number of rotatable bonds is 2. The van der Waals surface area contributed by atoms with Crippen molar-refractivity contribution in [1.82, 2.24) is 4.98 Å². The third-order valence-corrected chi connectivity index (χ3v) is 2.34. The van der Waals surface area contributed by atoms with Gasteiger partial charge in [0.2, 0.25) is 0 Å². The third-order valence-electron chi connectivity index (χ3n) is 2.34.